The van der Waals surface area contributed by atoms with Gasteiger partial charge in [-0.05, 0) is 31.2 Å². The van der Waals surface area contributed by atoms with Crippen molar-refractivity contribution in [3.05, 3.63) is 65.3 Å². The predicted molar refractivity (Wildman–Crippen MR) is 100 cm³/mol. The number of benzene rings is 1. The molecule has 2 aliphatic rings. The van der Waals surface area contributed by atoms with Crippen LogP contribution in [0.25, 0.3) is 0 Å². The Morgan fingerprint density at radius 3 is 2.69 bits per heavy atom. The number of methoxy groups -OCH3 is 1. The molecule has 9 heteroatoms. The van der Waals surface area contributed by atoms with E-state index in [0.717, 1.165) is 5.56 Å². The van der Waals surface area contributed by atoms with Crippen molar-refractivity contribution in [1.82, 2.24) is 24.7 Å². The molecule has 148 valence electrons. The molecule has 0 bridgehead atoms. The Balaban J connectivity index is 1.69. The molecule has 1 saturated heterocycles. The zero-order valence-corrected chi connectivity index (χ0v) is 16.0. The topological polar surface area (TPSA) is 93.7 Å². The summed E-state index contributed by atoms with van der Waals surface area (Å²) in [5, 5.41) is 7.31. The summed E-state index contributed by atoms with van der Waals surface area (Å²) in [5.41, 5.74) is 0.871. The second-order valence-electron chi connectivity index (χ2n) is 7.17. The van der Waals surface area contributed by atoms with Crippen LogP contribution in [0.3, 0.4) is 0 Å². The van der Waals surface area contributed by atoms with Crippen molar-refractivity contribution >= 4 is 11.8 Å². The van der Waals surface area contributed by atoms with Crippen LogP contribution in [-0.4, -0.2) is 56.8 Å². The predicted octanol–water partition coefficient (Wildman–Crippen LogP) is 1.65. The van der Waals surface area contributed by atoms with Crippen molar-refractivity contribution < 1.29 is 18.8 Å². The first kappa shape index (κ1) is 17.5. The number of hydrogen-bond donors (Lipinski definition) is 0. The van der Waals surface area contributed by atoms with Crippen LogP contribution in [0.4, 0.5) is 0 Å². The van der Waals surface area contributed by atoms with Gasteiger partial charge in [-0.1, -0.05) is 12.1 Å². The summed E-state index contributed by atoms with van der Waals surface area (Å²) < 4.78 is 12.3. The number of amides is 2. The smallest absolute Gasteiger partial charge is 0.296 e. The average molecular weight is 393 g/mol. The highest BCUT2D eigenvalue weighted by Gasteiger charge is 2.56. The van der Waals surface area contributed by atoms with Crippen molar-refractivity contribution in [2.75, 3.05) is 20.2 Å². The molecule has 5 rings (SSSR count). The first-order valence-corrected chi connectivity index (χ1v) is 9.29. The summed E-state index contributed by atoms with van der Waals surface area (Å²) >= 11 is 0. The minimum atomic E-state index is -0.980. The molecule has 2 aromatic heterocycles. The third-order valence-corrected chi connectivity index (χ3v) is 5.77. The van der Waals surface area contributed by atoms with Gasteiger partial charge in [0, 0.05) is 30.1 Å². The SMILES string of the molecule is COc1ccc(C23Cn4cccc4C(=O)N2CCN3C(=O)c2onnc2C)cc1. The lowest BCUT2D eigenvalue weighted by Gasteiger charge is -2.47. The van der Waals surface area contributed by atoms with Gasteiger partial charge in [0.2, 0.25) is 5.76 Å². The minimum absolute atomic E-state index is 0.0884. The first-order chi connectivity index (χ1) is 14.1. The van der Waals surface area contributed by atoms with E-state index in [2.05, 4.69) is 10.4 Å². The largest absolute Gasteiger partial charge is 0.497 e. The van der Waals surface area contributed by atoms with Gasteiger partial charge in [-0.3, -0.25) is 9.59 Å². The molecule has 29 heavy (non-hydrogen) atoms. The standard InChI is InChI=1S/C20H19N5O4/c1-13-17(29-22-21-13)19(27)25-11-10-24-18(26)16-4-3-9-23(16)12-20(24,25)14-5-7-15(28-2)8-6-14/h3-9H,10-12H2,1-2H3. The lowest BCUT2D eigenvalue weighted by molar-refractivity contribution is -0.00764. The summed E-state index contributed by atoms with van der Waals surface area (Å²) in [7, 11) is 1.60. The van der Waals surface area contributed by atoms with E-state index in [4.69, 9.17) is 9.26 Å². The van der Waals surface area contributed by atoms with E-state index >= 15 is 0 Å². The maximum atomic E-state index is 13.4. The third-order valence-electron chi connectivity index (χ3n) is 5.77. The molecule has 0 radical (unpaired) electrons. The van der Waals surface area contributed by atoms with Gasteiger partial charge in [0.05, 0.1) is 13.7 Å². The van der Waals surface area contributed by atoms with Crippen molar-refractivity contribution in [2.24, 2.45) is 0 Å². The molecule has 0 spiro atoms. The third kappa shape index (κ3) is 2.33. The van der Waals surface area contributed by atoms with Gasteiger partial charge in [0.15, 0.2) is 5.66 Å². The van der Waals surface area contributed by atoms with Gasteiger partial charge in [-0.25, -0.2) is 0 Å². The van der Waals surface area contributed by atoms with E-state index in [0.29, 0.717) is 36.8 Å². The van der Waals surface area contributed by atoms with Gasteiger partial charge in [-0.2, -0.15) is 0 Å². The number of rotatable bonds is 3. The van der Waals surface area contributed by atoms with Crippen LogP contribution in [0.15, 0.2) is 47.1 Å². The quantitative estimate of drug-likeness (QED) is 0.672. The Morgan fingerprint density at radius 2 is 2.00 bits per heavy atom. The number of carbonyl (C=O) groups excluding carboxylic acids is 2. The number of fused-ring (bicyclic) bond motifs is 2. The van der Waals surface area contributed by atoms with Crippen LogP contribution in [0.1, 0.15) is 32.3 Å². The lowest BCUT2D eigenvalue weighted by atomic mass is 9.93. The molecule has 1 unspecified atom stereocenters. The Bertz CT molecular complexity index is 1100. The normalized spacial score (nSPS) is 20.6. The summed E-state index contributed by atoms with van der Waals surface area (Å²) in [5.74, 6) is 0.339. The molecule has 2 amide bonds. The van der Waals surface area contributed by atoms with Gasteiger partial charge in [-0.15, -0.1) is 5.10 Å². The number of aryl methyl sites for hydroxylation is 1. The molecule has 0 N–H and O–H groups in total. The Labute approximate surface area is 166 Å². The van der Waals surface area contributed by atoms with E-state index in [1.54, 1.807) is 29.9 Å². The molecule has 1 atom stereocenters. The van der Waals surface area contributed by atoms with Crippen LogP contribution in [0, 0.1) is 6.92 Å². The van der Waals surface area contributed by atoms with E-state index in [1.165, 1.54) is 0 Å². The Morgan fingerprint density at radius 1 is 1.21 bits per heavy atom. The van der Waals surface area contributed by atoms with Crippen molar-refractivity contribution in [1.29, 1.82) is 0 Å². The molecule has 2 aliphatic heterocycles. The molecule has 1 fully saturated rings. The molecule has 0 saturated carbocycles. The van der Waals surface area contributed by atoms with Crippen LogP contribution in [0.5, 0.6) is 5.75 Å². The highest BCUT2D eigenvalue weighted by Crippen LogP contribution is 2.43. The van der Waals surface area contributed by atoms with Gasteiger partial charge >= 0.3 is 0 Å². The highest BCUT2D eigenvalue weighted by molar-refractivity contribution is 5.97. The fourth-order valence-corrected chi connectivity index (χ4v) is 4.36. The second kappa shape index (κ2) is 6.20. The molecule has 0 aliphatic carbocycles. The summed E-state index contributed by atoms with van der Waals surface area (Å²) in [4.78, 5) is 30.1. The molecule has 9 nitrogen and oxygen atoms in total. The van der Waals surface area contributed by atoms with Crippen molar-refractivity contribution in [2.45, 2.75) is 19.1 Å². The fourth-order valence-electron chi connectivity index (χ4n) is 4.36. The molecular formula is C20H19N5O4. The first-order valence-electron chi connectivity index (χ1n) is 9.29. The van der Waals surface area contributed by atoms with E-state index in [-0.39, 0.29) is 17.6 Å². The van der Waals surface area contributed by atoms with Gasteiger partial charge in [0.1, 0.15) is 17.1 Å². The lowest BCUT2D eigenvalue weighted by Crippen LogP contribution is -2.60. The van der Waals surface area contributed by atoms with Crippen LogP contribution < -0.4 is 4.74 Å². The zero-order valence-electron chi connectivity index (χ0n) is 16.0. The van der Waals surface area contributed by atoms with Crippen LogP contribution in [0.2, 0.25) is 0 Å². The van der Waals surface area contributed by atoms with Gasteiger partial charge < -0.3 is 23.6 Å². The number of ether oxygens (including phenoxy) is 1. The number of aromatic nitrogens is 3. The maximum Gasteiger partial charge on any atom is 0.296 e. The Hall–Kier alpha value is -3.62. The summed E-state index contributed by atoms with van der Waals surface area (Å²) in [6, 6.07) is 11.1. The zero-order chi connectivity index (χ0) is 20.2. The van der Waals surface area contributed by atoms with E-state index in [1.807, 2.05) is 41.1 Å². The molecule has 1 aromatic carbocycles. The fraction of sp³-hybridized carbons (Fsp3) is 0.300. The van der Waals surface area contributed by atoms with Crippen LogP contribution in [-0.2, 0) is 12.2 Å². The monoisotopic (exact) mass is 393 g/mol. The molecule has 3 aromatic rings. The average Bonchev–Trinajstić information content (AvgIpc) is 3.46. The number of nitrogens with zero attached hydrogens (tertiary/aromatic N) is 5. The van der Waals surface area contributed by atoms with E-state index in [9.17, 15) is 9.59 Å². The highest BCUT2D eigenvalue weighted by atomic mass is 16.5. The minimum Gasteiger partial charge on any atom is -0.497 e. The van der Waals surface area contributed by atoms with Crippen LogP contribution >= 0.6 is 0 Å². The van der Waals surface area contributed by atoms with Crippen molar-refractivity contribution in [3.8, 4) is 5.75 Å². The summed E-state index contributed by atoms with van der Waals surface area (Å²) in [6.07, 6.45) is 1.86. The van der Waals surface area contributed by atoms with E-state index < -0.39 is 5.66 Å². The summed E-state index contributed by atoms with van der Waals surface area (Å²) in [6.45, 7) is 2.89. The maximum absolute atomic E-state index is 13.4. The second-order valence-corrected chi connectivity index (χ2v) is 7.17. The number of hydrogen-bond acceptors (Lipinski definition) is 6. The molecular weight excluding hydrogens is 374 g/mol. The van der Waals surface area contributed by atoms with Gasteiger partial charge in [0.25, 0.3) is 11.8 Å². The van der Waals surface area contributed by atoms with Crippen molar-refractivity contribution in [3.63, 3.8) is 0 Å². The number of carbonyl (C=O) groups is 2. The molecule has 4 heterocycles. The Kier molecular flexibility index (Phi) is 3.73.